The predicted octanol–water partition coefficient (Wildman–Crippen LogP) is 3.67. The first-order valence-electron chi connectivity index (χ1n) is 16.1. The molecule has 5 atom stereocenters. The van der Waals surface area contributed by atoms with Crippen molar-refractivity contribution >= 4 is 22.9 Å². The van der Waals surface area contributed by atoms with Crippen LogP contribution in [0.4, 0.5) is 23.4 Å². The van der Waals surface area contributed by atoms with E-state index < -0.39 is 52.9 Å². The molecule has 16 heteroatoms. The molecule has 3 aromatic heterocycles. The standard InChI is InChI=1S/C36H27F4N9O3/c1-41-35(52)36-14-24(36)30(31(50)32(36)51)48-17-43-29-33(44-28(45-34(29)48)8-5-18-9-21(37)13-22(38)10-18)42-15-19-3-2-4-23(11-19)49-16-27(46-47-49)20-6-7-25(39)26(40)12-20/h2-4,6-7,9-13,16-17,24,30-32,50-51H,14-15H2,1H3,(H,41,52)(H,42,44,45)/t24-,30-,31+,32+,36-/m1/s1. The molecule has 0 aliphatic heterocycles. The first-order chi connectivity index (χ1) is 25.0. The zero-order valence-electron chi connectivity index (χ0n) is 27.1. The number of benzene rings is 3. The third-order valence-electron chi connectivity index (χ3n) is 9.59. The molecule has 2 aliphatic rings. The molecule has 3 heterocycles. The minimum absolute atomic E-state index is 0.0241. The number of aliphatic hydroxyl groups is 2. The summed E-state index contributed by atoms with van der Waals surface area (Å²) in [7, 11) is 1.47. The maximum Gasteiger partial charge on any atom is 0.229 e. The highest BCUT2D eigenvalue weighted by molar-refractivity contribution is 5.88. The normalized spacial score (nSPS) is 21.8. The highest BCUT2D eigenvalue weighted by Crippen LogP contribution is 2.67. The van der Waals surface area contributed by atoms with Gasteiger partial charge in [-0.25, -0.2) is 37.2 Å². The van der Waals surface area contributed by atoms with E-state index in [0.29, 0.717) is 28.9 Å². The highest BCUT2D eigenvalue weighted by Gasteiger charge is 2.75. The van der Waals surface area contributed by atoms with Gasteiger partial charge in [-0.2, -0.15) is 0 Å². The van der Waals surface area contributed by atoms with Crippen molar-refractivity contribution in [1.29, 1.82) is 0 Å². The SMILES string of the molecule is CNC(=O)[C@]12C[C@@H]1[C@@H](n1cnc3c(NCc4cccc(-n5cc(-c6ccc(F)c(F)c6)nn5)c4)nc(C#Cc4cc(F)cc(F)c4)nc31)[C@H](O)[C@@H]2O. The minimum Gasteiger partial charge on any atom is -0.389 e. The molecule has 2 aliphatic carbocycles. The summed E-state index contributed by atoms with van der Waals surface area (Å²) >= 11 is 0. The summed E-state index contributed by atoms with van der Waals surface area (Å²) in [6.45, 7) is 0.215. The minimum atomic E-state index is -1.31. The lowest BCUT2D eigenvalue weighted by molar-refractivity contribution is -0.132. The van der Waals surface area contributed by atoms with Gasteiger partial charge in [0.15, 0.2) is 28.6 Å². The maximum absolute atomic E-state index is 13.9. The topological polar surface area (TPSA) is 156 Å². The van der Waals surface area contributed by atoms with Gasteiger partial charge in [-0.05, 0) is 60.4 Å². The number of amides is 1. The van der Waals surface area contributed by atoms with Gasteiger partial charge in [0, 0.05) is 36.7 Å². The predicted molar refractivity (Wildman–Crippen MR) is 177 cm³/mol. The first kappa shape index (κ1) is 33.0. The number of nitrogens with one attached hydrogen (secondary N) is 2. The molecule has 2 saturated carbocycles. The molecule has 0 saturated heterocycles. The van der Waals surface area contributed by atoms with Gasteiger partial charge in [-0.1, -0.05) is 23.3 Å². The Balaban J connectivity index is 1.12. The molecule has 4 N–H and O–H groups in total. The van der Waals surface area contributed by atoms with E-state index in [1.807, 2.05) is 12.1 Å². The van der Waals surface area contributed by atoms with E-state index in [2.05, 4.69) is 47.7 Å². The third kappa shape index (κ3) is 5.60. The van der Waals surface area contributed by atoms with Crippen molar-refractivity contribution < 1.29 is 32.6 Å². The first-order valence-corrected chi connectivity index (χ1v) is 16.1. The van der Waals surface area contributed by atoms with Gasteiger partial charge in [-0.3, -0.25) is 4.79 Å². The van der Waals surface area contributed by atoms with Gasteiger partial charge in [0.25, 0.3) is 0 Å². The average Bonchev–Trinajstić information content (AvgIpc) is 3.37. The second-order valence-corrected chi connectivity index (χ2v) is 12.7. The largest absolute Gasteiger partial charge is 0.389 e. The number of aliphatic hydroxyl groups excluding tert-OH is 2. The summed E-state index contributed by atoms with van der Waals surface area (Å²) in [6, 6.07) is 12.9. The average molecular weight is 710 g/mol. The van der Waals surface area contributed by atoms with Crippen LogP contribution in [0.15, 0.2) is 73.2 Å². The quantitative estimate of drug-likeness (QED) is 0.144. The van der Waals surface area contributed by atoms with Gasteiger partial charge in [0.05, 0.1) is 35.8 Å². The molecule has 0 bridgehead atoms. The fourth-order valence-corrected chi connectivity index (χ4v) is 7.03. The number of rotatable bonds is 7. The Morgan fingerprint density at radius 2 is 1.81 bits per heavy atom. The summed E-state index contributed by atoms with van der Waals surface area (Å²) in [6.07, 6.45) is 0.785. The molecule has 8 rings (SSSR count). The van der Waals surface area contributed by atoms with Crippen LogP contribution in [0.2, 0.25) is 0 Å². The number of carbonyl (C=O) groups excluding carboxylic acids is 1. The summed E-state index contributed by atoms with van der Waals surface area (Å²) in [5, 5.41) is 36.1. The lowest BCUT2D eigenvalue weighted by Gasteiger charge is -2.23. The molecule has 1 amide bonds. The Hall–Kier alpha value is -6.18. The van der Waals surface area contributed by atoms with E-state index in [9.17, 15) is 32.6 Å². The molecule has 0 unspecified atom stereocenters. The van der Waals surface area contributed by atoms with Crippen LogP contribution in [-0.2, 0) is 11.3 Å². The van der Waals surface area contributed by atoms with Crippen molar-refractivity contribution in [2.75, 3.05) is 12.4 Å². The Morgan fingerprint density at radius 1 is 1.00 bits per heavy atom. The molecule has 6 aromatic rings. The van der Waals surface area contributed by atoms with Crippen molar-refractivity contribution in [3.8, 4) is 28.8 Å². The summed E-state index contributed by atoms with van der Waals surface area (Å²) in [5.74, 6) is 1.35. The molecule has 0 radical (unpaired) electrons. The number of nitrogens with zero attached hydrogens (tertiary/aromatic N) is 7. The van der Waals surface area contributed by atoms with E-state index >= 15 is 0 Å². The summed E-state index contributed by atoms with van der Waals surface area (Å²) in [5.41, 5.74) is 1.59. The van der Waals surface area contributed by atoms with Crippen LogP contribution in [0.5, 0.6) is 0 Å². The molecule has 52 heavy (non-hydrogen) atoms. The smallest absolute Gasteiger partial charge is 0.229 e. The van der Waals surface area contributed by atoms with E-state index in [4.69, 9.17) is 0 Å². The number of anilines is 1. The summed E-state index contributed by atoms with van der Waals surface area (Å²) < 4.78 is 58.1. The zero-order chi connectivity index (χ0) is 36.3. The van der Waals surface area contributed by atoms with Gasteiger partial charge >= 0.3 is 0 Å². The number of carbonyl (C=O) groups is 1. The second kappa shape index (κ2) is 12.5. The Morgan fingerprint density at radius 3 is 2.58 bits per heavy atom. The maximum atomic E-state index is 13.9. The van der Waals surface area contributed by atoms with Crippen molar-refractivity contribution in [3.05, 3.63) is 113 Å². The Labute approximate surface area is 292 Å². The molecular weight excluding hydrogens is 682 g/mol. The van der Waals surface area contributed by atoms with Crippen LogP contribution in [0, 0.1) is 46.4 Å². The van der Waals surface area contributed by atoms with Gasteiger partial charge in [0.2, 0.25) is 11.7 Å². The van der Waals surface area contributed by atoms with E-state index in [0.717, 1.165) is 35.9 Å². The van der Waals surface area contributed by atoms with Gasteiger partial charge in [-0.15, -0.1) is 5.10 Å². The van der Waals surface area contributed by atoms with E-state index in [-0.39, 0.29) is 35.3 Å². The molecule has 262 valence electrons. The van der Waals surface area contributed by atoms with Crippen molar-refractivity contribution in [2.24, 2.45) is 11.3 Å². The van der Waals surface area contributed by atoms with Crippen LogP contribution in [-0.4, -0.2) is 69.9 Å². The van der Waals surface area contributed by atoms with Crippen LogP contribution < -0.4 is 10.6 Å². The Kier molecular flexibility index (Phi) is 7.96. The number of aromatic nitrogens is 7. The molecule has 12 nitrogen and oxygen atoms in total. The van der Waals surface area contributed by atoms with Gasteiger partial charge < -0.3 is 25.4 Å². The number of imidazole rings is 1. The van der Waals surface area contributed by atoms with Crippen molar-refractivity contribution in [3.63, 3.8) is 0 Å². The van der Waals surface area contributed by atoms with Crippen molar-refractivity contribution in [1.82, 2.24) is 39.8 Å². The molecule has 2 fully saturated rings. The number of hydrogen-bond acceptors (Lipinski definition) is 9. The molecular formula is C36H27F4N9O3. The molecule has 3 aromatic carbocycles. The van der Waals surface area contributed by atoms with E-state index in [1.54, 1.807) is 22.9 Å². The third-order valence-corrected chi connectivity index (χ3v) is 9.59. The second-order valence-electron chi connectivity index (χ2n) is 12.7. The lowest BCUT2D eigenvalue weighted by Crippen LogP contribution is -2.41. The summed E-state index contributed by atoms with van der Waals surface area (Å²) in [4.78, 5) is 26.4. The molecule has 0 spiro atoms. The van der Waals surface area contributed by atoms with Gasteiger partial charge in [0.1, 0.15) is 23.4 Å². The monoisotopic (exact) mass is 709 g/mol. The zero-order valence-corrected chi connectivity index (χ0v) is 27.1. The van der Waals surface area contributed by atoms with Crippen LogP contribution in [0.3, 0.4) is 0 Å². The fraction of sp³-hybridized carbons (Fsp3) is 0.222. The van der Waals surface area contributed by atoms with Crippen LogP contribution in [0.1, 0.15) is 29.4 Å². The number of fused-ring (bicyclic) bond motifs is 2. The van der Waals surface area contributed by atoms with Crippen LogP contribution in [0.25, 0.3) is 28.1 Å². The number of halogens is 4. The fourth-order valence-electron chi connectivity index (χ4n) is 7.03. The number of hydrogen-bond donors (Lipinski definition) is 4. The highest BCUT2D eigenvalue weighted by atomic mass is 19.2. The lowest BCUT2D eigenvalue weighted by atomic mass is 9.98. The van der Waals surface area contributed by atoms with Crippen LogP contribution >= 0.6 is 0 Å². The van der Waals surface area contributed by atoms with Crippen molar-refractivity contribution in [2.45, 2.75) is 31.2 Å². The Bertz CT molecular complexity index is 2440. The van der Waals surface area contributed by atoms with E-state index in [1.165, 1.54) is 24.1 Å².